The van der Waals surface area contributed by atoms with Crippen LogP contribution in [0.25, 0.3) is 0 Å². The summed E-state index contributed by atoms with van der Waals surface area (Å²) in [6, 6.07) is 6.09. The molecule has 1 aromatic rings. The van der Waals surface area contributed by atoms with E-state index in [0.717, 1.165) is 49.8 Å². The van der Waals surface area contributed by atoms with Crippen LogP contribution in [0.4, 0.5) is 0 Å². The van der Waals surface area contributed by atoms with Gasteiger partial charge < -0.3 is 19.5 Å². The van der Waals surface area contributed by atoms with Crippen LogP contribution in [-0.2, 0) is 11.3 Å². The van der Waals surface area contributed by atoms with E-state index >= 15 is 0 Å². The Morgan fingerprint density at radius 1 is 1.30 bits per heavy atom. The lowest BCUT2D eigenvalue weighted by Gasteiger charge is -2.10. The van der Waals surface area contributed by atoms with Crippen LogP contribution in [0.15, 0.2) is 30.4 Å². The first kappa shape index (κ1) is 14.9. The van der Waals surface area contributed by atoms with Crippen molar-refractivity contribution in [2.75, 3.05) is 33.0 Å². The van der Waals surface area contributed by atoms with Gasteiger partial charge in [-0.15, -0.1) is 0 Å². The molecule has 0 saturated heterocycles. The van der Waals surface area contributed by atoms with E-state index < -0.39 is 0 Å². The third-order valence-corrected chi connectivity index (χ3v) is 2.91. The molecule has 1 aliphatic rings. The first-order valence-electron chi connectivity index (χ1n) is 7.07. The maximum absolute atomic E-state index is 5.67. The van der Waals surface area contributed by atoms with Gasteiger partial charge in [-0.2, -0.15) is 0 Å². The van der Waals surface area contributed by atoms with Crippen molar-refractivity contribution in [3.8, 4) is 11.5 Å². The summed E-state index contributed by atoms with van der Waals surface area (Å²) < 4.78 is 16.7. The molecule has 0 fully saturated rings. The summed E-state index contributed by atoms with van der Waals surface area (Å²) in [5.74, 6) is 1.69. The highest BCUT2D eigenvalue weighted by Gasteiger charge is 2.10. The second-order valence-electron chi connectivity index (χ2n) is 5.02. The van der Waals surface area contributed by atoms with Crippen LogP contribution in [0, 0.1) is 0 Å². The molecule has 4 nitrogen and oxygen atoms in total. The summed E-state index contributed by atoms with van der Waals surface area (Å²) >= 11 is 0. The Morgan fingerprint density at radius 3 is 2.90 bits per heavy atom. The topological polar surface area (TPSA) is 39.7 Å². The molecule has 0 unspecified atom stereocenters. The average Bonchev–Trinajstić information content (AvgIpc) is 2.67. The van der Waals surface area contributed by atoms with Crippen LogP contribution < -0.4 is 14.8 Å². The van der Waals surface area contributed by atoms with Gasteiger partial charge in [0.15, 0.2) is 11.5 Å². The molecule has 0 aliphatic carbocycles. The number of fused-ring (bicyclic) bond motifs is 1. The van der Waals surface area contributed by atoms with Crippen molar-refractivity contribution in [2.24, 2.45) is 0 Å². The molecular weight excluding hydrogens is 254 g/mol. The van der Waals surface area contributed by atoms with Gasteiger partial charge in [-0.25, -0.2) is 0 Å². The van der Waals surface area contributed by atoms with E-state index in [0.29, 0.717) is 13.2 Å². The first-order valence-corrected chi connectivity index (χ1v) is 7.07. The van der Waals surface area contributed by atoms with Crippen LogP contribution in [0.1, 0.15) is 18.9 Å². The molecule has 0 amide bonds. The van der Waals surface area contributed by atoms with E-state index in [1.54, 1.807) is 0 Å². The minimum atomic E-state index is 0.631. The summed E-state index contributed by atoms with van der Waals surface area (Å²) in [5, 5.41) is 3.35. The molecule has 0 bridgehead atoms. The Balaban J connectivity index is 1.73. The lowest BCUT2D eigenvalue weighted by atomic mass is 10.2. The van der Waals surface area contributed by atoms with Crippen LogP contribution >= 0.6 is 0 Å². The Morgan fingerprint density at radius 2 is 2.10 bits per heavy atom. The third-order valence-electron chi connectivity index (χ3n) is 2.91. The molecule has 1 N–H and O–H groups in total. The van der Waals surface area contributed by atoms with Crippen molar-refractivity contribution in [3.63, 3.8) is 0 Å². The fraction of sp³-hybridized carbons (Fsp3) is 0.500. The molecule has 0 radical (unpaired) electrons. The predicted molar refractivity (Wildman–Crippen MR) is 79.4 cm³/mol. The number of nitrogens with one attached hydrogen (secondary N) is 1. The summed E-state index contributed by atoms with van der Waals surface area (Å²) in [6.45, 7) is 10.2. The van der Waals surface area contributed by atoms with Gasteiger partial charge in [0, 0.05) is 19.5 Å². The number of ether oxygens (including phenoxy) is 3. The monoisotopic (exact) mass is 277 g/mol. The minimum Gasteiger partial charge on any atom is -0.490 e. The fourth-order valence-corrected chi connectivity index (χ4v) is 1.94. The highest BCUT2D eigenvalue weighted by atomic mass is 16.5. The lowest BCUT2D eigenvalue weighted by Crippen LogP contribution is -2.19. The van der Waals surface area contributed by atoms with Crippen molar-refractivity contribution in [2.45, 2.75) is 19.9 Å². The predicted octanol–water partition coefficient (Wildman–Crippen LogP) is 2.53. The van der Waals surface area contributed by atoms with E-state index in [9.17, 15) is 0 Å². The summed E-state index contributed by atoms with van der Waals surface area (Å²) in [5.41, 5.74) is 2.24. The van der Waals surface area contributed by atoms with Crippen molar-refractivity contribution >= 4 is 0 Å². The summed E-state index contributed by atoms with van der Waals surface area (Å²) in [7, 11) is 0. The number of benzene rings is 1. The molecule has 110 valence electrons. The van der Waals surface area contributed by atoms with E-state index in [-0.39, 0.29) is 0 Å². The zero-order chi connectivity index (χ0) is 14.2. The average molecular weight is 277 g/mol. The van der Waals surface area contributed by atoms with Crippen LogP contribution in [-0.4, -0.2) is 33.0 Å². The molecule has 1 aromatic carbocycles. The van der Waals surface area contributed by atoms with Gasteiger partial charge in [-0.3, -0.25) is 0 Å². The molecule has 0 saturated carbocycles. The maximum Gasteiger partial charge on any atom is 0.161 e. The van der Waals surface area contributed by atoms with E-state index in [1.807, 2.05) is 19.1 Å². The van der Waals surface area contributed by atoms with Crippen molar-refractivity contribution in [1.29, 1.82) is 0 Å². The van der Waals surface area contributed by atoms with Crippen molar-refractivity contribution in [3.05, 3.63) is 35.9 Å². The van der Waals surface area contributed by atoms with Gasteiger partial charge in [-0.05, 0) is 24.6 Å². The van der Waals surface area contributed by atoms with Gasteiger partial charge in [0.05, 0.1) is 26.4 Å². The molecule has 0 aromatic heterocycles. The van der Waals surface area contributed by atoms with Gasteiger partial charge in [0.25, 0.3) is 0 Å². The first-order chi connectivity index (χ1) is 9.75. The fourth-order valence-electron chi connectivity index (χ4n) is 1.94. The molecule has 0 spiro atoms. The Kier molecular flexibility index (Phi) is 5.89. The Bertz CT molecular complexity index is 445. The molecule has 4 heteroatoms. The van der Waals surface area contributed by atoms with Crippen LogP contribution in [0.5, 0.6) is 11.5 Å². The van der Waals surface area contributed by atoms with E-state index in [2.05, 4.69) is 18.0 Å². The van der Waals surface area contributed by atoms with E-state index in [4.69, 9.17) is 14.2 Å². The number of hydrogen-bond acceptors (Lipinski definition) is 4. The summed E-state index contributed by atoms with van der Waals surface area (Å²) in [6.07, 6.45) is 0.933. The smallest absolute Gasteiger partial charge is 0.161 e. The van der Waals surface area contributed by atoms with E-state index in [1.165, 1.54) is 5.56 Å². The zero-order valence-corrected chi connectivity index (χ0v) is 12.1. The Hall–Kier alpha value is -1.52. The standard InChI is InChI=1S/C16H23NO3/c1-13(2)12-18-9-6-17-11-14-4-5-15-16(10-14)20-8-3-7-19-15/h4-5,10,17H,1,3,6-9,11-12H2,2H3. The quantitative estimate of drug-likeness (QED) is 0.614. The van der Waals surface area contributed by atoms with Crippen LogP contribution in [0.3, 0.4) is 0 Å². The highest BCUT2D eigenvalue weighted by molar-refractivity contribution is 5.43. The summed E-state index contributed by atoms with van der Waals surface area (Å²) in [4.78, 5) is 0. The Labute approximate surface area is 120 Å². The zero-order valence-electron chi connectivity index (χ0n) is 12.1. The number of rotatable bonds is 7. The minimum absolute atomic E-state index is 0.631. The second kappa shape index (κ2) is 7.92. The normalized spacial score (nSPS) is 13.8. The molecule has 20 heavy (non-hydrogen) atoms. The van der Waals surface area contributed by atoms with Crippen LogP contribution in [0.2, 0.25) is 0 Å². The van der Waals surface area contributed by atoms with Gasteiger partial charge >= 0.3 is 0 Å². The van der Waals surface area contributed by atoms with Gasteiger partial charge in [-0.1, -0.05) is 18.2 Å². The maximum atomic E-state index is 5.67. The SMILES string of the molecule is C=C(C)COCCNCc1ccc2c(c1)OCCCO2. The molecule has 1 heterocycles. The largest absolute Gasteiger partial charge is 0.490 e. The molecule has 0 atom stereocenters. The molecule has 2 rings (SSSR count). The van der Waals surface area contributed by atoms with Crippen molar-refractivity contribution in [1.82, 2.24) is 5.32 Å². The van der Waals surface area contributed by atoms with Crippen molar-refractivity contribution < 1.29 is 14.2 Å². The lowest BCUT2D eigenvalue weighted by molar-refractivity contribution is 0.157. The van der Waals surface area contributed by atoms with Gasteiger partial charge in [0.2, 0.25) is 0 Å². The molecular formula is C16H23NO3. The molecule has 1 aliphatic heterocycles. The number of hydrogen-bond donors (Lipinski definition) is 1. The van der Waals surface area contributed by atoms with Gasteiger partial charge in [0.1, 0.15) is 0 Å². The highest BCUT2D eigenvalue weighted by Crippen LogP contribution is 2.30. The third kappa shape index (κ3) is 4.87. The second-order valence-corrected chi connectivity index (χ2v) is 5.02.